The minimum atomic E-state index is -0.991. The van der Waals surface area contributed by atoms with Crippen molar-refractivity contribution in [3.8, 4) is 0 Å². The fraction of sp³-hybridized carbons (Fsp3) is 0.455. The molecule has 0 aliphatic rings. The Bertz CT molecular complexity index is 375. The number of rotatable bonds is 3. The van der Waals surface area contributed by atoms with Crippen LogP contribution in [0.25, 0.3) is 0 Å². The van der Waals surface area contributed by atoms with E-state index < -0.39 is 17.4 Å². The second kappa shape index (κ2) is 3.98. The summed E-state index contributed by atoms with van der Waals surface area (Å²) in [6, 6.07) is 2.75. The summed E-state index contributed by atoms with van der Waals surface area (Å²) in [7, 11) is 0. The maximum absolute atomic E-state index is 10.9. The van der Waals surface area contributed by atoms with Gasteiger partial charge in [-0.2, -0.15) is 0 Å². The molecule has 0 amide bonds. The molecule has 1 atom stereocenters. The number of hydrogen-bond donors (Lipinski definition) is 2. The van der Waals surface area contributed by atoms with Crippen molar-refractivity contribution in [1.29, 1.82) is 0 Å². The Kier molecular flexibility index (Phi) is 3.09. The minimum absolute atomic E-state index is 0.598. The second-order valence-electron chi connectivity index (χ2n) is 4.22. The van der Waals surface area contributed by atoms with Gasteiger partial charge in [0.1, 0.15) is 6.04 Å². The van der Waals surface area contributed by atoms with Gasteiger partial charge >= 0.3 is 5.97 Å². The quantitative estimate of drug-likeness (QED) is 0.779. The van der Waals surface area contributed by atoms with Crippen LogP contribution in [0.1, 0.15) is 25.1 Å². The van der Waals surface area contributed by atoms with E-state index in [0.29, 0.717) is 0 Å². The van der Waals surface area contributed by atoms with Crippen LogP contribution in [0.15, 0.2) is 18.3 Å². The third-order valence-corrected chi connectivity index (χ3v) is 2.68. The van der Waals surface area contributed by atoms with E-state index in [2.05, 4.69) is 4.98 Å². The van der Waals surface area contributed by atoms with Crippen molar-refractivity contribution in [2.75, 3.05) is 0 Å². The second-order valence-corrected chi connectivity index (χ2v) is 4.22. The van der Waals surface area contributed by atoms with Gasteiger partial charge in [-0.15, -0.1) is 0 Å². The Hall–Kier alpha value is -1.42. The molecule has 0 aliphatic heterocycles. The molecule has 1 unspecified atom stereocenters. The lowest BCUT2D eigenvalue weighted by molar-refractivity contribution is -0.140. The molecule has 0 aliphatic carbocycles. The maximum Gasteiger partial charge on any atom is 0.321 e. The lowest BCUT2D eigenvalue weighted by Gasteiger charge is -2.29. The van der Waals surface area contributed by atoms with E-state index >= 15 is 0 Å². The normalized spacial score (nSPS) is 13.6. The summed E-state index contributed by atoms with van der Waals surface area (Å²) in [5, 5.41) is 8.91. The molecular weight excluding hydrogens is 192 g/mol. The zero-order valence-electron chi connectivity index (χ0n) is 9.19. The topological polar surface area (TPSA) is 76.2 Å². The van der Waals surface area contributed by atoms with Gasteiger partial charge in [-0.3, -0.25) is 9.78 Å². The van der Waals surface area contributed by atoms with Crippen LogP contribution in [0.2, 0.25) is 0 Å². The van der Waals surface area contributed by atoms with E-state index in [9.17, 15) is 4.79 Å². The highest BCUT2D eigenvalue weighted by atomic mass is 16.4. The van der Waals surface area contributed by atoms with Gasteiger partial charge in [0.05, 0.1) is 0 Å². The summed E-state index contributed by atoms with van der Waals surface area (Å²) < 4.78 is 0. The summed E-state index contributed by atoms with van der Waals surface area (Å²) in [6.45, 7) is 5.51. The molecule has 3 N–H and O–H groups in total. The minimum Gasteiger partial charge on any atom is -0.480 e. The maximum atomic E-state index is 10.9. The van der Waals surface area contributed by atoms with Crippen LogP contribution < -0.4 is 5.73 Å². The molecule has 1 rings (SSSR count). The number of hydrogen-bond acceptors (Lipinski definition) is 3. The summed E-state index contributed by atoms with van der Waals surface area (Å²) in [5.41, 5.74) is 6.81. The smallest absolute Gasteiger partial charge is 0.321 e. The van der Waals surface area contributed by atoms with Crippen molar-refractivity contribution in [3.05, 3.63) is 29.6 Å². The van der Waals surface area contributed by atoms with E-state index in [1.807, 2.05) is 26.8 Å². The number of pyridine rings is 1. The fourth-order valence-electron chi connectivity index (χ4n) is 1.43. The average molecular weight is 208 g/mol. The summed E-state index contributed by atoms with van der Waals surface area (Å²) in [6.07, 6.45) is 1.67. The number of carbonyl (C=O) groups is 1. The highest BCUT2D eigenvalue weighted by Crippen LogP contribution is 2.26. The molecule has 0 bridgehead atoms. The fourth-order valence-corrected chi connectivity index (χ4v) is 1.43. The highest BCUT2D eigenvalue weighted by molar-refractivity contribution is 5.75. The van der Waals surface area contributed by atoms with Gasteiger partial charge in [0, 0.05) is 17.3 Å². The number of carboxylic acid groups (broad SMARTS) is 1. The first-order valence-electron chi connectivity index (χ1n) is 4.77. The zero-order chi connectivity index (χ0) is 11.6. The predicted molar refractivity (Wildman–Crippen MR) is 57.6 cm³/mol. The Morgan fingerprint density at radius 1 is 1.60 bits per heavy atom. The third-order valence-electron chi connectivity index (χ3n) is 2.68. The molecule has 0 fully saturated rings. The number of nitrogens with two attached hydrogens (primary N) is 1. The molecule has 1 aromatic rings. The van der Waals surface area contributed by atoms with Crippen molar-refractivity contribution < 1.29 is 9.90 Å². The van der Waals surface area contributed by atoms with Crippen molar-refractivity contribution in [3.63, 3.8) is 0 Å². The van der Waals surface area contributed by atoms with Crippen LogP contribution in [-0.4, -0.2) is 22.1 Å². The molecule has 0 aromatic carbocycles. The van der Waals surface area contributed by atoms with Gasteiger partial charge in [0.15, 0.2) is 0 Å². The Morgan fingerprint density at radius 3 is 2.67 bits per heavy atom. The van der Waals surface area contributed by atoms with Crippen molar-refractivity contribution in [2.24, 2.45) is 5.73 Å². The summed E-state index contributed by atoms with van der Waals surface area (Å²) in [4.78, 5) is 14.9. The standard InChI is InChI=1S/C11H16N2O2/c1-7-6-8(4-5-13-7)11(2,3)9(12)10(14)15/h4-6,9H,12H2,1-3H3,(H,14,15). The van der Waals surface area contributed by atoms with E-state index in [0.717, 1.165) is 11.3 Å². The number of carboxylic acids is 1. The number of nitrogens with zero attached hydrogens (tertiary/aromatic N) is 1. The van der Waals surface area contributed by atoms with Crippen molar-refractivity contribution in [1.82, 2.24) is 4.98 Å². The van der Waals surface area contributed by atoms with Crippen molar-refractivity contribution in [2.45, 2.75) is 32.2 Å². The largest absolute Gasteiger partial charge is 0.480 e. The van der Waals surface area contributed by atoms with Gasteiger partial charge in [-0.05, 0) is 24.6 Å². The molecule has 0 saturated heterocycles. The first-order chi connectivity index (χ1) is 6.85. The average Bonchev–Trinajstić information content (AvgIpc) is 2.16. The molecule has 1 aromatic heterocycles. The lowest BCUT2D eigenvalue weighted by Crippen LogP contribution is -2.46. The first kappa shape index (κ1) is 11.7. The summed E-state index contributed by atoms with van der Waals surface area (Å²) in [5.74, 6) is -0.991. The summed E-state index contributed by atoms with van der Waals surface area (Å²) >= 11 is 0. The third kappa shape index (κ3) is 2.33. The molecule has 0 spiro atoms. The lowest BCUT2D eigenvalue weighted by atomic mass is 9.78. The number of aryl methyl sites for hydroxylation is 1. The van der Waals surface area contributed by atoms with E-state index in [1.54, 1.807) is 12.3 Å². The number of aromatic nitrogens is 1. The van der Waals surface area contributed by atoms with Gasteiger partial charge in [0.25, 0.3) is 0 Å². The monoisotopic (exact) mass is 208 g/mol. The predicted octanol–water partition coefficient (Wildman–Crippen LogP) is 1.08. The molecule has 15 heavy (non-hydrogen) atoms. The van der Waals surface area contributed by atoms with Crippen LogP contribution in [0.3, 0.4) is 0 Å². The molecule has 1 heterocycles. The van der Waals surface area contributed by atoms with Crippen LogP contribution >= 0.6 is 0 Å². The Labute approximate surface area is 89.1 Å². The molecule has 4 nitrogen and oxygen atoms in total. The first-order valence-corrected chi connectivity index (χ1v) is 4.77. The van der Waals surface area contributed by atoms with Crippen LogP contribution in [0.4, 0.5) is 0 Å². The molecular formula is C11H16N2O2. The molecule has 4 heteroatoms. The van der Waals surface area contributed by atoms with Crippen LogP contribution in [-0.2, 0) is 10.2 Å². The van der Waals surface area contributed by atoms with Crippen molar-refractivity contribution >= 4 is 5.97 Å². The van der Waals surface area contributed by atoms with Crippen LogP contribution in [0, 0.1) is 6.92 Å². The molecule has 0 saturated carbocycles. The SMILES string of the molecule is Cc1cc(C(C)(C)C(N)C(=O)O)ccn1. The molecule has 82 valence electrons. The Morgan fingerprint density at radius 2 is 2.20 bits per heavy atom. The van der Waals surface area contributed by atoms with Gasteiger partial charge in [-0.1, -0.05) is 13.8 Å². The Balaban J connectivity index is 3.10. The van der Waals surface area contributed by atoms with Gasteiger partial charge in [0.2, 0.25) is 0 Å². The van der Waals surface area contributed by atoms with E-state index in [1.165, 1.54) is 0 Å². The number of aliphatic carboxylic acids is 1. The highest BCUT2D eigenvalue weighted by Gasteiger charge is 2.33. The van der Waals surface area contributed by atoms with E-state index in [4.69, 9.17) is 10.8 Å². The van der Waals surface area contributed by atoms with Gasteiger partial charge in [-0.25, -0.2) is 0 Å². The van der Waals surface area contributed by atoms with Gasteiger partial charge < -0.3 is 10.8 Å². The van der Waals surface area contributed by atoms with E-state index in [-0.39, 0.29) is 0 Å². The molecule has 0 radical (unpaired) electrons. The zero-order valence-corrected chi connectivity index (χ0v) is 9.19. The van der Waals surface area contributed by atoms with Crippen LogP contribution in [0.5, 0.6) is 0 Å².